The van der Waals surface area contributed by atoms with Crippen molar-refractivity contribution in [3.8, 4) is 45.5 Å². The molecule has 0 aliphatic carbocycles. The average Bonchev–Trinajstić information content (AvgIpc) is 3.24. The zero-order chi connectivity index (χ0) is 36.2. The Bertz CT molecular complexity index is 2910. The van der Waals surface area contributed by atoms with E-state index in [4.69, 9.17) is 15.0 Å². The Kier molecular flexibility index (Phi) is 7.30. The second kappa shape index (κ2) is 12.6. The van der Waals surface area contributed by atoms with Crippen molar-refractivity contribution in [2.24, 2.45) is 0 Å². The molecule has 0 amide bonds. The first-order chi connectivity index (χ1) is 26.6. The lowest BCUT2D eigenvalue weighted by molar-refractivity contribution is 1.07. The molecule has 0 unspecified atom stereocenters. The smallest absolute Gasteiger partial charge is 0.197 e. The number of benzene rings is 7. The quantitative estimate of drug-likeness (QED) is 0.168. The number of hydrogen-bond acceptors (Lipinski definition) is 5. The van der Waals surface area contributed by atoms with Gasteiger partial charge >= 0.3 is 0 Å². The van der Waals surface area contributed by atoms with Crippen molar-refractivity contribution in [2.45, 2.75) is 0 Å². The highest BCUT2D eigenvalue weighted by Gasteiger charge is 2.17. The van der Waals surface area contributed by atoms with Gasteiger partial charge in [-0.2, -0.15) is 0 Å². The van der Waals surface area contributed by atoms with Crippen molar-refractivity contribution in [3.63, 3.8) is 0 Å². The second-order valence-corrected chi connectivity index (χ2v) is 13.2. The zero-order valence-electron chi connectivity index (χ0n) is 28.8. The van der Waals surface area contributed by atoms with Gasteiger partial charge in [0.2, 0.25) is 0 Å². The number of aromatic nitrogens is 5. The summed E-state index contributed by atoms with van der Waals surface area (Å²) in [5.41, 5.74) is 7.51. The van der Waals surface area contributed by atoms with Crippen molar-refractivity contribution in [3.05, 3.63) is 196 Å². The van der Waals surface area contributed by atoms with E-state index in [0.29, 0.717) is 39.0 Å². The van der Waals surface area contributed by atoms with Crippen molar-refractivity contribution in [2.75, 3.05) is 0 Å². The Morgan fingerprint density at radius 3 is 1.02 bits per heavy atom. The van der Waals surface area contributed by atoms with Crippen LogP contribution < -0.4 is 10.9 Å². The molecule has 0 fully saturated rings. The van der Waals surface area contributed by atoms with Crippen LogP contribution in [0.4, 0.5) is 0 Å². The van der Waals surface area contributed by atoms with Crippen LogP contribution in [0, 0.1) is 0 Å². The molecule has 54 heavy (non-hydrogen) atoms. The van der Waals surface area contributed by atoms with Gasteiger partial charge in [0.05, 0.1) is 22.1 Å². The first-order valence-electron chi connectivity index (χ1n) is 17.7. The van der Waals surface area contributed by atoms with Gasteiger partial charge in [-0.25, -0.2) is 15.0 Å². The van der Waals surface area contributed by atoms with Crippen molar-refractivity contribution in [1.82, 2.24) is 24.1 Å². The molecule has 0 aliphatic heterocycles. The number of nitrogens with zero attached hydrogens (tertiary/aromatic N) is 5. The van der Waals surface area contributed by atoms with Gasteiger partial charge in [0.25, 0.3) is 0 Å². The summed E-state index contributed by atoms with van der Waals surface area (Å²) in [6.45, 7) is 0. The van der Waals surface area contributed by atoms with E-state index in [1.807, 2.05) is 164 Å². The van der Waals surface area contributed by atoms with Gasteiger partial charge < -0.3 is 9.13 Å². The Morgan fingerprint density at radius 1 is 0.315 bits per heavy atom. The summed E-state index contributed by atoms with van der Waals surface area (Å²) in [5, 5.41) is 2.61. The predicted molar refractivity (Wildman–Crippen MR) is 217 cm³/mol. The van der Waals surface area contributed by atoms with Crippen molar-refractivity contribution < 1.29 is 0 Å². The summed E-state index contributed by atoms with van der Waals surface area (Å²) >= 11 is 0. The maximum atomic E-state index is 13.5. The fourth-order valence-electron chi connectivity index (χ4n) is 7.47. The molecule has 0 atom stereocenters. The number of pyridine rings is 2. The van der Waals surface area contributed by atoms with Gasteiger partial charge in [-0.1, -0.05) is 103 Å². The van der Waals surface area contributed by atoms with E-state index in [1.54, 1.807) is 0 Å². The SMILES string of the molecule is O=c1c2ccccc2n(-c2cccc(-c3nc(-c4ccccc4)nc(-c4cccc(-n5c6ccccc6c(=O)c6ccccc65)c4)n3)c2)c2ccccc12. The fraction of sp³-hybridized carbons (Fsp3) is 0. The normalized spacial score (nSPS) is 11.5. The van der Waals surface area contributed by atoms with Crippen LogP contribution in [0.2, 0.25) is 0 Å². The van der Waals surface area contributed by atoms with E-state index in [2.05, 4.69) is 21.3 Å². The Labute approximate surface area is 308 Å². The van der Waals surface area contributed by atoms with E-state index in [-0.39, 0.29) is 10.9 Å². The molecular formula is C47H29N5O2. The van der Waals surface area contributed by atoms with Crippen molar-refractivity contribution in [1.29, 1.82) is 0 Å². The standard InChI is InChI=1S/C47H29N5O2/c53-43-35-20-4-8-24-39(35)51(40-25-9-5-21-36(40)43)33-18-12-16-31(28-33)46-48-45(30-14-2-1-3-15-30)49-47(50-46)32-17-13-19-34(29-32)52-41-26-10-6-22-37(41)44(54)38-23-7-11-27-42(38)52/h1-29H. The fourth-order valence-corrected chi connectivity index (χ4v) is 7.47. The lowest BCUT2D eigenvalue weighted by Gasteiger charge is -2.17. The number of hydrogen-bond donors (Lipinski definition) is 0. The van der Waals surface area contributed by atoms with Gasteiger partial charge in [0.15, 0.2) is 28.3 Å². The highest BCUT2D eigenvalue weighted by Crippen LogP contribution is 2.31. The molecule has 254 valence electrons. The molecule has 7 aromatic carbocycles. The van der Waals surface area contributed by atoms with Gasteiger partial charge in [0, 0.05) is 49.6 Å². The number of rotatable bonds is 5. The van der Waals surface area contributed by atoms with E-state index >= 15 is 0 Å². The minimum Gasteiger partial charge on any atom is -0.309 e. The van der Waals surface area contributed by atoms with Gasteiger partial charge in [-0.15, -0.1) is 0 Å². The molecule has 0 N–H and O–H groups in total. The highest BCUT2D eigenvalue weighted by atomic mass is 16.1. The third kappa shape index (κ3) is 5.10. The molecule has 0 saturated heterocycles. The van der Waals surface area contributed by atoms with Crippen molar-refractivity contribution >= 4 is 43.6 Å². The van der Waals surface area contributed by atoms with Crippen LogP contribution in [0.25, 0.3) is 89.2 Å². The van der Waals surface area contributed by atoms with Gasteiger partial charge in [-0.3, -0.25) is 9.59 Å². The molecule has 0 radical (unpaired) electrons. The third-order valence-corrected chi connectivity index (χ3v) is 9.95. The molecule has 10 rings (SSSR count). The summed E-state index contributed by atoms with van der Waals surface area (Å²) in [7, 11) is 0. The summed E-state index contributed by atoms with van der Waals surface area (Å²) < 4.78 is 4.25. The summed E-state index contributed by atoms with van der Waals surface area (Å²) in [4.78, 5) is 42.2. The summed E-state index contributed by atoms with van der Waals surface area (Å²) in [5.74, 6) is 1.57. The maximum absolute atomic E-state index is 13.5. The molecule has 0 saturated carbocycles. The molecule has 0 aliphatic rings. The molecule has 10 aromatic rings. The van der Waals surface area contributed by atoms with E-state index in [0.717, 1.165) is 50.1 Å². The zero-order valence-corrected chi connectivity index (χ0v) is 28.8. The maximum Gasteiger partial charge on any atom is 0.197 e. The minimum atomic E-state index is 0.00794. The molecule has 0 bridgehead atoms. The highest BCUT2D eigenvalue weighted by molar-refractivity contribution is 5.96. The summed E-state index contributed by atoms with van der Waals surface area (Å²) in [6, 6.07) is 56.9. The Morgan fingerprint density at radius 2 is 0.630 bits per heavy atom. The second-order valence-electron chi connectivity index (χ2n) is 13.2. The molecule has 7 heteroatoms. The van der Waals surface area contributed by atoms with Crippen LogP contribution in [0.3, 0.4) is 0 Å². The van der Waals surface area contributed by atoms with Gasteiger partial charge in [0.1, 0.15) is 0 Å². The molecule has 3 heterocycles. The van der Waals surface area contributed by atoms with Gasteiger partial charge in [-0.05, 0) is 72.8 Å². The third-order valence-electron chi connectivity index (χ3n) is 9.95. The van der Waals surface area contributed by atoms with Crippen LogP contribution in [-0.2, 0) is 0 Å². The molecule has 7 nitrogen and oxygen atoms in total. The van der Waals surface area contributed by atoms with E-state index < -0.39 is 0 Å². The lowest BCUT2D eigenvalue weighted by Crippen LogP contribution is -2.10. The van der Waals surface area contributed by atoms with Crippen LogP contribution in [-0.4, -0.2) is 24.1 Å². The number of fused-ring (bicyclic) bond motifs is 4. The molecule has 3 aromatic heterocycles. The first-order valence-corrected chi connectivity index (χ1v) is 17.7. The monoisotopic (exact) mass is 695 g/mol. The van der Waals surface area contributed by atoms with Crippen LogP contribution in [0.5, 0.6) is 0 Å². The number of para-hydroxylation sites is 4. The topological polar surface area (TPSA) is 82.7 Å². The van der Waals surface area contributed by atoms with Crippen LogP contribution in [0.15, 0.2) is 186 Å². The molecule has 0 spiro atoms. The minimum absolute atomic E-state index is 0.00794. The van der Waals surface area contributed by atoms with E-state index in [9.17, 15) is 9.59 Å². The predicted octanol–water partition coefficient (Wildman–Crippen LogP) is 9.79. The first kappa shape index (κ1) is 31.2. The van der Waals surface area contributed by atoms with Crippen LogP contribution in [0.1, 0.15) is 0 Å². The lowest BCUT2D eigenvalue weighted by atomic mass is 10.1. The van der Waals surface area contributed by atoms with E-state index in [1.165, 1.54) is 0 Å². The Balaban J connectivity index is 1.18. The summed E-state index contributed by atoms with van der Waals surface area (Å²) in [6.07, 6.45) is 0. The average molecular weight is 696 g/mol. The van der Waals surface area contributed by atoms with Crippen LogP contribution >= 0.6 is 0 Å². The Hall–Kier alpha value is -7.51. The molecular weight excluding hydrogens is 667 g/mol. The largest absolute Gasteiger partial charge is 0.309 e.